The van der Waals surface area contributed by atoms with E-state index in [1.54, 1.807) is 6.20 Å². The summed E-state index contributed by atoms with van der Waals surface area (Å²) in [5, 5.41) is 8.56. The van der Waals surface area contributed by atoms with E-state index in [0.29, 0.717) is 12.1 Å². The first-order chi connectivity index (χ1) is 12.7. The summed E-state index contributed by atoms with van der Waals surface area (Å²) in [5.41, 5.74) is 3.23. The molecule has 1 amide bonds. The van der Waals surface area contributed by atoms with Gasteiger partial charge in [0.2, 0.25) is 0 Å². The second-order valence-corrected chi connectivity index (χ2v) is 6.68. The number of nitrogens with one attached hydrogen (secondary N) is 1. The molecule has 0 spiro atoms. The molecular weight excluding hydrogens is 326 g/mol. The molecule has 0 bridgehead atoms. The highest BCUT2D eigenvalue weighted by atomic mass is 16.2. The van der Waals surface area contributed by atoms with E-state index < -0.39 is 0 Å². The van der Waals surface area contributed by atoms with Gasteiger partial charge in [-0.25, -0.2) is 9.67 Å². The maximum absolute atomic E-state index is 13.3. The Balaban J connectivity index is 1.84. The van der Waals surface area contributed by atoms with Crippen LogP contribution < -0.4 is 5.32 Å². The fourth-order valence-electron chi connectivity index (χ4n) is 3.54. The predicted molar refractivity (Wildman–Crippen MR) is 102 cm³/mol. The second kappa shape index (κ2) is 6.88. The number of fused-ring (bicyclic) bond motifs is 1. The van der Waals surface area contributed by atoms with Crippen molar-refractivity contribution in [2.24, 2.45) is 0 Å². The highest BCUT2D eigenvalue weighted by molar-refractivity contribution is 6.06. The van der Waals surface area contributed by atoms with E-state index >= 15 is 0 Å². The Morgan fingerprint density at radius 3 is 2.85 bits per heavy atom. The van der Waals surface area contributed by atoms with Gasteiger partial charge < -0.3 is 10.2 Å². The molecule has 1 fully saturated rings. The highest BCUT2D eigenvalue weighted by Gasteiger charge is 2.26. The number of aryl methyl sites for hydroxylation is 1. The zero-order chi connectivity index (χ0) is 18.1. The molecule has 6 nitrogen and oxygen atoms in total. The van der Waals surface area contributed by atoms with E-state index in [9.17, 15) is 4.79 Å². The molecule has 0 radical (unpaired) electrons. The summed E-state index contributed by atoms with van der Waals surface area (Å²) in [6, 6.07) is 12.1. The summed E-state index contributed by atoms with van der Waals surface area (Å²) in [4.78, 5) is 19.9. The van der Waals surface area contributed by atoms with Crippen LogP contribution in [0, 0.1) is 0 Å². The normalized spacial score (nSPS) is 16.9. The third kappa shape index (κ3) is 2.86. The summed E-state index contributed by atoms with van der Waals surface area (Å²) < 4.78 is 1.84. The molecular formula is C20H23N5O. The van der Waals surface area contributed by atoms with Crippen LogP contribution in [-0.2, 0) is 6.54 Å². The lowest BCUT2D eigenvalue weighted by Gasteiger charge is -2.24. The lowest BCUT2D eigenvalue weighted by Crippen LogP contribution is -2.38. The molecule has 1 aromatic carbocycles. The molecule has 1 saturated heterocycles. The van der Waals surface area contributed by atoms with Crippen molar-refractivity contribution < 1.29 is 4.79 Å². The SMILES string of the molecule is CCn1ncc2c(C(=O)N(C)C3CCNC3)cc(-c3ccccc3)nc21. The van der Waals surface area contributed by atoms with Crippen molar-refractivity contribution in [3.05, 3.63) is 48.2 Å². The summed E-state index contributed by atoms with van der Waals surface area (Å²) in [7, 11) is 1.89. The van der Waals surface area contributed by atoms with Gasteiger partial charge in [0.15, 0.2) is 5.65 Å². The molecule has 1 unspecified atom stereocenters. The van der Waals surface area contributed by atoms with Crippen molar-refractivity contribution in [2.45, 2.75) is 25.9 Å². The Bertz CT molecular complexity index is 928. The fourth-order valence-corrected chi connectivity index (χ4v) is 3.54. The summed E-state index contributed by atoms with van der Waals surface area (Å²) in [6.45, 7) is 4.54. The highest BCUT2D eigenvalue weighted by Crippen LogP contribution is 2.26. The first-order valence-corrected chi connectivity index (χ1v) is 9.09. The Morgan fingerprint density at radius 2 is 2.15 bits per heavy atom. The third-order valence-corrected chi connectivity index (χ3v) is 5.11. The number of hydrogen-bond acceptors (Lipinski definition) is 4. The summed E-state index contributed by atoms with van der Waals surface area (Å²) in [5.74, 6) is 0.0268. The number of carbonyl (C=O) groups excluding carboxylic acids is 1. The van der Waals surface area contributed by atoms with Crippen LogP contribution in [0.5, 0.6) is 0 Å². The number of carbonyl (C=O) groups is 1. The number of benzene rings is 1. The van der Waals surface area contributed by atoms with Crippen molar-refractivity contribution in [1.29, 1.82) is 0 Å². The van der Waals surface area contributed by atoms with Crippen LogP contribution in [-0.4, -0.2) is 51.8 Å². The Hall–Kier alpha value is -2.73. The monoisotopic (exact) mass is 349 g/mol. The van der Waals surface area contributed by atoms with Crippen LogP contribution in [0.4, 0.5) is 0 Å². The van der Waals surface area contributed by atoms with Gasteiger partial charge in [-0.05, 0) is 26.0 Å². The quantitative estimate of drug-likeness (QED) is 0.786. The summed E-state index contributed by atoms with van der Waals surface area (Å²) >= 11 is 0. The largest absolute Gasteiger partial charge is 0.337 e. The number of hydrogen-bond donors (Lipinski definition) is 1. The molecule has 0 aliphatic carbocycles. The first kappa shape index (κ1) is 16.7. The van der Waals surface area contributed by atoms with Gasteiger partial charge in [-0.3, -0.25) is 4.79 Å². The van der Waals surface area contributed by atoms with E-state index in [2.05, 4.69) is 10.4 Å². The van der Waals surface area contributed by atoms with Gasteiger partial charge in [0, 0.05) is 31.7 Å². The molecule has 6 heteroatoms. The van der Waals surface area contributed by atoms with Crippen molar-refractivity contribution in [3.8, 4) is 11.3 Å². The Kier molecular flexibility index (Phi) is 4.42. The first-order valence-electron chi connectivity index (χ1n) is 9.09. The maximum atomic E-state index is 13.3. The van der Waals surface area contributed by atoms with Crippen LogP contribution in [0.2, 0.25) is 0 Å². The molecule has 1 aliphatic rings. The summed E-state index contributed by atoms with van der Waals surface area (Å²) in [6.07, 6.45) is 2.74. The zero-order valence-electron chi connectivity index (χ0n) is 15.1. The minimum atomic E-state index is 0.0268. The number of amides is 1. The van der Waals surface area contributed by atoms with Gasteiger partial charge in [-0.1, -0.05) is 30.3 Å². The Morgan fingerprint density at radius 1 is 1.35 bits per heavy atom. The second-order valence-electron chi connectivity index (χ2n) is 6.68. The minimum absolute atomic E-state index is 0.0268. The minimum Gasteiger partial charge on any atom is -0.337 e. The molecule has 134 valence electrons. The molecule has 1 aliphatic heterocycles. The zero-order valence-corrected chi connectivity index (χ0v) is 15.1. The van der Waals surface area contributed by atoms with Crippen LogP contribution in [0.25, 0.3) is 22.3 Å². The average molecular weight is 349 g/mol. The molecule has 1 atom stereocenters. The Labute approximate surface area is 152 Å². The number of pyridine rings is 1. The van der Waals surface area contributed by atoms with Gasteiger partial charge in [-0.15, -0.1) is 0 Å². The lowest BCUT2D eigenvalue weighted by atomic mass is 10.1. The molecule has 4 rings (SSSR count). The van der Waals surface area contributed by atoms with Crippen LogP contribution in [0.1, 0.15) is 23.7 Å². The van der Waals surface area contributed by atoms with E-state index in [1.807, 2.05) is 60.0 Å². The van der Waals surface area contributed by atoms with Crippen LogP contribution in [0.15, 0.2) is 42.6 Å². The van der Waals surface area contributed by atoms with Crippen molar-refractivity contribution in [3.63, 3.8) is 0 Å². The van der Waals surface area contributed by atoms with E-state index in [-0.39, 0.29) is 11.9 Å². The van der Waals surface area contributed by atoms with E-state index in [4.69, 9.17) is 4.98 Å². The van der Waals surface area contributed by atoms with Crippen LogP contribution >= 0.6 is 0 Å². The average Bonchev–Trinajstić information content (AvgIpc) is 3.36. The third-order valence-electron chi connectivity index (χ3n) is 5.11. The molecule has 0 saturated carbocycles. The van der Waals surface area contributed by atoms with E-state index in [0.717, 1.165) is 41.8 Å². The van der Waals surface area contributed by atoms with Gasteiger partial charge in [-0.2, -0.15) is 5.10 Å². The fraction of sp³-hybridized carbons (Fsp3) is 0.350. The smallest absolute Gasteiger partial charge is 0.254 e. The number of rotatable bonds is 4. The number of aromatic nitrogens is 3. The van der Waals surface area contributed by atoms with Gasteiger partial charge in [0.25, 0.3) is 5.91 Å². The topological polar surface area (TPSA) is 63.1 Å². The van der Waals surface area contributed by atoms with Crippen molar-refractivity contribution in [1.82, 2.24) is 25.0 Å². The lowest BCUT2D eigenvalue weighted by molar-refractivity contribution is 0.0745. The number of likely N-dealkylation sites (N-methyl/N-ethyl adjacent to an activating group) is 1. The van der Waals surface area contributed by atoms with E-state index in [1.165, 1.54) is 0 Å². The maximum Gasteiger partial charge on any atom is 0.254 e. The molecule has 3 heterocycles. The van der Waals surface area contributed by atoms with Crippen molar-refractivity contribution in [2.75, 3.05) is 20.1 Å². The molecule has 1 N–H and O–H groups in total. The predicted octanol–water partition coefficient (Wildman–Crippen LogP) is 2.55. The molecule has 26 heavy (non-hydrogen) atoms. The van der Waals surface area contributed by atoms with Gasteiger partial charge >= 0.3 is 0 Å². The standard InChI is InChI=1S/C20H23N5O/c1-3-25-19-17(13-22-25)16(20(26)24(2)15-9-10-21-12-15)11-18(23-19)14-7-5-4-6-8-14/h4-8,11,13,15,21H,3,9-10,12H2,1-2H3. The molecule has 2 aromatic heterocycles. The van der Waals surface area contributed by atoms with Gasteiger partial charge in [0.1, 0.15) is 0 Å². The van der Waals surface area contributed by atoms with Crippen LogP contribution in [0.3, 0.4) is 0 Å². The number of nitrogens with zero attached hydrogens (tertiary/aromatic N) is 4. The van der Waals surface area contributed by atoms with Crippen molar-refractivity contribution >= 4 is 16.9 Å². The molecule has 3 aromatic rings. The van der Waals surface area contributed by atoms with Gasteiger partial charge in [0.05, 0.1) is 22.8 Å².